The van der Waals surface area contributed by atoms with Crippen LogP contribution in [0.4, 0.5) is 0 Å². The average molecular weight is 188 g/mol. The van der Waals surface area contributed by atoms with Crippen LogP contribution in [0.5, 0.6) is 5.75 Å². The standard InChI is InChI=1S/C12H12O2/c1-3-14-10-6-4-9(5-7-10)11-8(2)12(11)13/h4-7H,3H2,1-2H3. The molecule has 0 spiro atoms. The van der Waals surface area contributed by atoms with Gasteiger partial charge in [0.2, 0.25) is 0 Å². The fourth-order valence-corrected chi connectivity index (χ4v) is 1.49. The molecular formula is C12H12O2. The average Bonchev–Trinajstić information content (AvgIpc) is 2.77. The van der Waals surface area contributed by atoms with Gasteiger partial charge >= 0.3 is 0 Å². The summed E-state index contributed by atoms with van der Waals surface area (Å²) in [6.45, 7) is 4.47. The molecule has 0 amide bonds. The number of hydrogen-bond donors (Lipinski definition) is 0. The minimum absolute atomic E-state index is 0.189. The van der Waals surface area contributed by atoms with E-state index in [0.29, 0.717) is 6.61 Å². The quantitative estimate of drug-likeness (QED) is 0.738. The van der Waals surface area contributed by atoms with Crippen molar-refractivity contribution in [2.75, 3.05) is 6.61 Å². The monoisotopic (exact) mass is 188 g/mol. The maximum absolute atomic E-state index is 11.1. The van der Waals surface area contributed by atoms with Gasteiger partial charge in [0.05, 0.1) is 6.61 Å². The van der Waals surface area contributed by atoms with Crippen LogP contribution in [-0.4, -0.2) is 6.61 Å². The topological polar surface area (TPSA) is 26.3 Å². The molecule has 0 bridgehead atoms. The van der Waals surface area contributed by atoms with E-state index in [9.17, 15) is 4.79 Å². The van der Waals surface area contributed by atoms with Crippen LogP contribution in [0.3, 0.4) is 0 Å². The lowest BCUT2D eigenvalue weighted by molar-refractivity contribution is 0.340. The molecule has 0 aliphatic heterocycles. The molecule has 2 heteroatoms. The fourth-order valence-electron chi connectivity index (χ4n) is 1.49. The summed E-state index contributed by atoms with van der Waals surface area (Å²) in [7, 11) is 0. The molecule has 0 unspecified atom stereocenters. The molecule has 0 radical (unpaired) electrons. The lowest BCUT2D eigenvalue weighted by Gasteiger charge is -2.01. The van der Waals surface area contributed by atoms with E-state index < -0.39 is 0 Å². The maximum Gasteiger partial charge on any atom is 0.190 e. The Morgan fingerprint density at radius 3 is 2.21 bits per heavy atom. The molecule has 2 rings (SSSR count). The smallest absolute Gasteiger partial charge is 0.190 e. The number of hydrogen-bond acceptors (Lipinski definition) is 2. The Bertz CT molecular complexity index is 445. The van der Waals surface area contributed by atoms with Crippen LogP contribution < -0.4 is 10.2 Å². The minimum atomic E-state index is 0.189. The highest BCUT2D eigenvalue weighted by Crippen LogP contribution is 2.25. The van der Waals surface area contributed by atoms with Gasteiger partial charge in [0.1, 0.15) is 5.75 Å². The largest absolute Gasteiger partial charge is 0.494 e. The van der Waals surface area contributed by atoms with Crippen LogP contribution in [0.1, 0.15) is 12.5 Å². The van der Waals surface area contributed by atoms with Gasteiger partial charge < -0.3 is 4.74 Å². The fraction of sp³-hybridized carbons (Fsp3) is 0.250. The predicted molar refractivity (Wildman–Crippen MR) is 56.4 cm³/mol. The summed E-state index contributed by atoms with van der Waals surface area (Å²) in [5, 5.41) is 0. The highest BCUT2D eigenvalue weighted by atomic mass is 16.5. The zero-order valence-corrected chi connectivity index (χ0v) is 8.33. The van der Waals surface area contributed by atoms with Crippen LogP contribution in [0.2, 0.25) is 0 Å². The summed E-state index contributed by atoms with van der Waals surface area (Å²) < 4.78 is 5.31. The Kier molecular flexibility index (Phi) is 2.12. The van der Waals surface area contributed by atoms with Gasteiger partial charge in [-0.05, 0) is 31.5 Å². The van der Waals surface area contributed by atoms with Crippen molar-refractivity contribution in [3.05, 3.63) is 40.1 Å². The van der Waals surface area contributed by atoms with Crippen molar-refractivity contribution < 1.29 is 4.74 Å². The molecule has 0 aliphatic carbocycles. The van der Waals surface area contributed by atoms with Gasteiger partial charge in [0, 0.05) is 11.1 Å². The van der Waals surface area contributed by atoms with Crippen molar-refractivity contribution in [3.8, 4) is 16.9 Å². The first-order valence-electron chi connectivity index (χ1n) is 4.73. The Morgan fingerprint density at radius 1 is 1.21 bits per heavy atom. The Labute approximate surface area is 82.8 Å². The molecule has 0 heterocycles. The first-order chi connectivity index (χ1) is 6.74. The third-order valence-electron chi connectivity index (χ3n) is 2.33. The second kappa shape index (κ2) is 3.29. The number of ether oxygens (including phenoxy) is 1. The molecule has 2 nitrogen and oxygen atoms in total. The molecular weight excluding hydrogens is 176 g/mol. The van der Waals surface area contributed by atoms with Gasteiger partial charge in [-0.3, -0.25) is 4.79 Å². The molecule has 0 fully saturated rings. The van der Waals surface area contributed by atoms with E-state index in [1.807, 2.05) is 38.1 Å². The molecule has 0 N–H and O–H groups in total. The van der Waals surface area contributed by atoms with Crippen LogP contribution in [0.15, 0.2) is 29.1 Å². The molecule has 0 aliphatic rings. The van der Waals surface area contributed by atoms with Crippen molar-refractivity contribution in [1.29, 1.82) is 0 Å². The summed E-state index contributed by atoms with van der Waals surface area (Å²) in [4.78, 5) is 11.1. The first-order valence-corrected chi connectivity index (χ1v) is 4.73. The maximum atomic E-state index is 11.1. The van der Waals surface area contributed by atoms with Crippen molar-refractivity contribution in [2.24, 2.45) is 0 Å². The zero-order valence-electron chi connectivity index (χ0n) is 8.33. The van der Waals surface area contributed by atoms with E-state index in [2.05, 4.69) is 0 Å². The van der Waals surface area contributed by atoms with Crippen LogP contribution >= 0.6 is 0 Å². The summed E-state index contributed by atoms with van der Waals surface area (Å²) in [5.74, 6) is 0.850. The van der Waals surface area contributed by atoms with Crippen LogP contribution in [0.25, 0.3) is 11.1 Å². The van der Waals surface area contributed by atoms with E-state index in [0.717, 1.165) is 22.4 Å². The van der Waals surface area contributed by atoms with E-state index in [1.165, 1.54) is 0 Å². The summed E-state index contributed by atoms with van der Waals surface area (Å²) >= 11 is 0. The third-order valence-corrected chi connectivity index (χ3v) is 2.33. The number of rotatable bonds is 3. The summed E-state index contributed by atoms with van der Waals surface area (Å²) in [6.07, 6.45) is 0. The van der Waals surface area contributed by atoms with E-state index in [4.69, 9.17) is 4.74 Å². The molecule has 2 aromatic carbocycles. The Morgan fingerprint density at radius 2 is 1.79 bits per heavy atom. The highest BCUT2D eigenvalue weighted by Gasteiger charge is 2.18. The van der Waals surface area contributed by atoms with E-state index in [1.54, 1.807) is 0 Å². The second-order valence-electron chi connectivity index (χ2n) is 3.29. The van der Waals surface area contributed by atoms with Crippen molar-refractivity contribution >= 4 is 0 Å². The normalized spacial score (nSPS) is 10.7. The van der Waals surface area contributed by atoms with Gasteiger partial charge in [-0.2, -0.15) is 0 Å². The third kappa shape index (κ3) is 1.43. The van der Waals surface area contributed by atoms with Gasteiger partial charge in [-0.15, -0.1) is 0 Å². The van der Waals surface area contributed by atoms with Gasteiger partial charge in [0.15, 0.2) is 5.43 Å². The van der Waals surface area contributed by atoms with Gasteiger partial charge in [-0.25, -0.2) is 0 Å². The van der Waals surface area contributed by atoms with E-state index >= 15 is 0 Å². The molecule has 0 aromatic heterocycles. The number of benzene rings is 1. The Balaban J connectivity index is 2.23. The summed E-state index contributed by atoms with van der Waals surface area (Å²) in [6, 6.07) is 7.64. The summed E-state index contributed by atoms with van der Waals surface area (Å²) in [5.41, 5.74) is 2.94. The van der Waals surface area contributed by atoms with Crippen molar-refractivity contribution in [1.82, 2.24) is 0 Å². The predicted octanol–water partition coefficient (Wildman–Crippen LogP) is 2.30. The molecule has 72 valence electrons. The SMILES string of the molecule is CCOc1ccc(-c2c(C)c2=O)cc1. The molecule has 0 saturated carbocycles. The zero-order chi connectivity index (χ0) is 10.1. The van der Waals surface area contributed by atoms with E-state index in [-0.39, 0.29) is 5.43 Å². The van der Waals surface area contributed by atoms with Gasteiger partial charge in [-0.1, -0.05) is 12.1 Å². The Hall–Kier alpha value is -1.57. The lowest BCUT2D eigenvalue weighted by atomic mass is 10.2. The van der Waals surface area contributed by atoms with Gasteiger partial charge in [0.25, 0.3) is 0 Å². The van der Waals surface area contributed by atoms with Crippen LogP contribution in [0, 0.1) is 6.92 Å². The van der Waals surface area contributed by atoms with Crippen molar-refractivity contribution in [3.63, 3.8) is 0 Å². The highest BCUT2D eigenvalue weighted by molar-refractivity contribution is 5.75. The van der Waals surface area contributed by atoms with Crippen molar-refractivity contribution in [2.45, 2.75) is 13.8 Å². The lowest BCUT2D eigenvalue weighted by Crippen LogP contribution is -1.90. The minimum Gasteiger partial charge on any atom is -0.494 e. The molecule has 0 saturated heterocycles. The molecule has 14 heavy (non-hydrogen) atoms. The van der Waals surface area contributed by atoms with Crippen LogP contribution in [-0.2, 0) is 0 Å². The second-order valence-corrected chi connectivity index (χ2v) is 3.29. The first kappa shape index (κ1) is 9.00. The molecule has 0 atom stereocenters. The molecule has 2 aromatic rings.